The summed E-state index contributed by atoms with van der Waals surface area (Å²) in [5, 5.41) is 9.81. The summed E-state index contributed by atoms with van der Waals surface area (Å²) >= 11 is 0. The van der Waals surface area contributed by atoms with Crippen molar-refractivity contribution in [1.29, 1.82) is 0 Å². The number of aliphatic hydroxyl groups is 1. The highest BCUT2D eigenvalue weighted by Gasteiger charge is 2.34. The Morgan fingerprint density at radius 1 is 1.35 bits per heavy atom. The molecule has 1 aromatic carbocycles. The fourth-order valence-electron chi connectivity index (χ4n) is 1.57. The van der Waals surface area contributed by atoms with Gasteiger partial charge in [-0.2, -0.15) is 13.2 Å². The number of alkyl halides is 3. The van der Waals surface area contributed by atoms with Crippen molar-refractivity contribution in [3.8, 4) is 0 Å². The van der Waals surface area contributed by atoms with E-state index in [0.29, 0.717) is 6.42 Å². The van der Waals surface area contributed by atoms with Gasteiger partial charge in [-0.25, -0.2) is 0 Å². The molecule has 0 aromatic heterocycles. The van der Waals surface area contributed by atoms with Gasteiger partial charge in [0, 0.05) is 0 Å². The molecule has 0 saturated carbocycles. The van der Waals surface area contributed by atoms with E-state index in [9.17, 15) is 18.3 Å². The van der Waals surface area contributed by atoms with E-state index in [0.717, 1.165) is 11.6 Å². The van der Waals surface area contributed by atoms with Crippen LogP contribution in [-0.2, 0) is 6.18 Å². The predicted octanol–water partition coefficient (Wildman–Crippen LogP) is 4.10. The van der Waals surface area contributed by atoms with Crippen LogP contribution in [0.4, 0.5) is 13.2 Å². The second-order valence-corrected chi connectivity index (χ2v) is 3.91. The maximum Gasteiger partial charge on any atom is 0.416 e. The molecule has 1 N–H and O–H groups in total. The molecule has 0 aliphatic rings. The molecular formula is C13H15F3O. The molecule has 0 spiro atoms. The maximum absolute atomic E-state index is 12.7. The van der Waals surface area contributed by atoms with Gasteiger partial charge in [0.25, 0.3) is 0 Å². The quantitative estimate of drug-likeness (QED) is 0.791. The largest absolute Gasteiger partial charge is 0.416 e. The minimum Gasteiger partial charge on any atom is -0.388 e. The molecule has 0 heterocycles. The second-order valence-electron chi connectivity index (χ2n) is 3.91. The zero-order valence-corrected chi connectivity index (χ0v) is 9.59. The van der Waals surface area contributed by atoms with Crippen molar-refractivity contribution in [2.75, 3.05) is 0 Å². The molecule has 1 aromatic rings. The van der Waals surface area contributed by atoms with Gasteiger partial charge in [-0.3, -0.25) is 0 Å². The summed E-state index contributed by atoms with van der Waals surface area (Å²) in [7, 11) is 0. The van der Waals surface area contributed by atoms with Crippen molar-refractivity contribution in [3.63, 3.8) is 0 Å². The number of hydrogen-bond acceptors (Lipinski definition) is 1. The summed E-state index contributed by atoms with van der Waals surface area (Å²) in [6, 6.07) is 5.08. The average molecular weight is 244 g/mol. The van der Waals surface area contributed by atoms with E-state index < -0.39 is 17.8 Å². The van der Waals surface area contributed by atoms with Crippen LogP contribution in [0.1, 0.15) is 37.0 Å². The van der Waals surface area contributed by atoms with Crippen molar-refractivity contribution in [1.82, 2.24) is 0 Å². The summed E-state index contributed by atoms with van der Waals surface area (Å²) in [5.41, 5.74) is -0.138. The van der Waals surface area contributed by atoms with Crippen molar-refractivity contribution < 1.29 is 18.3 Å². The van der Waals surface area contributed by atoms with Gasteiger partial charge < -0.3 is 5.11 Å². The standard InChI is InChI=1S/C13H15F3O/c1-3-9(2)8-12(17)10-6-4-5-7-11(10)13(14,15)16/h4-7,12,17H,2-3,8H2,1H3. The van der Waals surface area contributed by atoms with Crippen molar-refractivity contribution >= 4 is 0 Å². The lowest BCUT2D eigenvalue weighted by molar-refractivity contribution is -0.139. The Morgan fingerprint density at radius 2 is 1.94 bits per heavy atom. The Morgan fingerprint density at radius 3 is 2.47 bits per heavy atom. The Kier molecular flexibility index (Phi) is 4.34. The van der Waals surface area contributed by atoms with Crippen molar-refractivity contribution in [3.05, 3.63) is 47.5 Å². The molecule has 0 aliphatic carbocycles. The molecule has 94 valence electrons. The van der Waals surface area contributed by atoms with Gasteiger partial charge in [-0.1, -0.05) is 37.3 Å². The lowest BCUT2D eigenvalue weighted by Gasteiger charge is -2.17. The van der Waals surface area contributed by atoms with Crippen LogP contribution in [0.15, 0.2) is 36.4 Å². The Balaban J connectivity index is 3.01. The average Bonchev–Trinajstić information content (AvgIpc) is 2.27. The van der Waals surface area contributed by atoms with E-state index >= 15 is 0 Å². The molecule has 1 atom stereocenters. The lowest BCUT2D eigenvalue weighted by Crippen LogP contribution is -2.12. The number of halogens is 3. The van der Waals surface area contributed by atoms with E-state index in [2.05, 4.69) is 6.58 Å². The molecule has 1 nitrogen and oxygen atoms in total. The van der Waals surface area contributed by atoms with Crippen LogP contribution in [0.3, 0.4) is 0 Å². The monoisotopic (exact) mass is 244 g/mol. The fourth-order valence-corrected chi connectivity index (χ4v) is 1.57. The first-order valence-corrected chi connectivity index (χ1v) is 5.37. The van der Waals surface area contributed by atoms with Gasteiger partial charge in [0.1, 0.15) is 0 Å². The van der Waals surface area contributed by atoms with Gasteiger partial charge in [-0.15, -0.1) is 0 Å². The molecule has 17 heavy (non-hydrogen) atoms. The summed E-state index contributed by atoms with van der Waals surface area (Å²) < 4.78 is 38.1. The van der Waals surface area contributed by atoms with E-state index in [-0.39, 0.29) is 12.0 Å². The molecule has 0 saturated heterocycles. The highest BCUT2D eigenvalue weighted by Crippen LogP contribution is 2.36. The van der Waals surface area contributed by atoms with Gasteiger partial charge in [0.05, 0.1) is 11.7 Å². The third-order valence-electron chi connectivity index (χ3n) is 2.61. The van der Waals surface area contributed by atoms with Crippen LogP contribution in [-0.4, -0.2) is 5.11 Å². The minimum absolute atomic E-state index is 0.0883. The molecule has 0 amide bonds. The first-order valence-electron chi connectivity index (χ1n) is 5.37. The number of aliphatic hydroxyl groups excluding tert-OH is 1. The van der Waals surface area contributed by atoms with Gasteiger partial charge in [-0.05, 0) is 24.5 Å². The summed E-state index contributed by atoms with van der Waals surface area (Å²) in [5.74, 6) is 0. The smallest absolute Gasteiger partial charge is 0.388 e. The highest BCUT2D eigenvalue weighted by atomic mass is 19.4. The van der Waals surface area contributed by atoms with E-state index in [1.165, 1.54) is 18.2 Å². The third-order valence-corrected chi connectivity index (χ3v) is 2.61. The first-order chi connectivity index (χ1) is 7.86. The van der Waals surface area contributed by atoms with Gasteiger partial charge >= 0.3 is 6.18 Å². The molecule has 0 bridgehead atoms. The maximum atomic E-state index is 12.7. The molecule has 4 heteroatoms. The van der Waals surface area contributed by atoms with Crippen LogP contribution in [0, 0.1) is 0 Å². The Labute approximate surface area is 98.6 Å². The third kappa shape index (κ3) is 3.60. The Bertz CT molecular complexity index is 396. The number of benzene rings is 1. The Hall–Kier alpha value is -1.29. The van der Waals surface area contributed by atoms with E-state index in [1.807, 2.05) is 6.92 Å². The van der Waals surface area contributed by atoms with Gasteiger partial charge in [0.2, 0.25) is 0 Å². The zero-order chi connectivity index (χ0) is 13.1. The number of rotatable bonds is 4. The SMILES string of the molecule is C=C(CC)CC(O)c1ccccc1C(F)(F)F. The fraction of sp³-hybridized carbons (Fsp3) is 0.385. The van der Waals surface area contributed by atoms with E-state index in [1.54, 1.807) is 0 Å². The van der Waals surface area contributed by atoms with Crippen LogP contribution in [0.5, 0.6) is 0 Å². The second kappa shape index (κ2) is 5.36. The van der Waals surface area contributed by atoms with Crippen molar-refractivity contribution in [2.24, 2.45) is 0 Å². The van der Waals surface area contributed by atoms with Crippen LogP contribution in [0.2, 0.25) is 0 Å². The first kappa shape index (κ1) is 13.8. The molecule has 0 radical (unpaired) electrons. The summed E-state index contributed by atoms with van der Waals surface area (Å²) in [6.45, 7) is 5.54. The topological polar surface area (TPSA) is 20.2 Å². The molecule has 0 fully saturated rings. The van der Waals surface area contributed by atoms with Crippen molar-refractivity contribution in [2.45, 2.75) is 32.0 Å². The minimum atomic E-state index is -4.44. The van der Waals surface area contributed by atoms with Crippen LogP contribution >= 0.6 is 0 Å². The molecular weight excluding hydrogens is 229 g/mol. The van der Waals surface area contributed by atoms with Gasteiger partial charge in [0.15, 0.2) is 0 Å². The zero-order valence-electron chi connectivity index (χ0n) is 9.59. The summed E-state index contributed by atoms with van der Waals surface area (Å²) in [6.07, 6.45) is -4.79. The molecule has 1 rings (SSSR count). The van der Waals surface area contributed by atoms with Crippen LogP contribution in [0.25, 0.3) is 0 Å². The molecule has 0 aliphatic heterocycles. The summed E-state index contributed by atoms with van der Waals surface area (Å²) in [4.78, 5) is 0. The lowest BCUT2D eigenvalue weighted by atomic mass is 9.96. The highest BCUT2D eigenvalue weighted by molar-refractivity contribution is 5.32. The normalized spacial score (nSPS) is 13.5. The number of hydrogen-bond donors (Lipinski definition) is 1. The molecule has 1 unspecified atom stereocenters. The van der Waals surface area contributed by atoms with E-state index in [4.69, 9.17) is 0 Å². The van der Waals surface area contributed by atoms with Crippen LogP contribution < -0.4 is 0 Å². The predicted molar refractivity (Wildman–Crippen MR) is 60.5 cm³/mol.